The van der Waals surface area contributed by atoms with Crippen molar-refractivity contribution in [1.82, 2.24) is 9.03 Å². The molecule has 3 N–H and O–H groups in total. The summed E-state index contributed by atoms with van der Waals surface area (Å²) in [7, 11) is -3.86. The monoisotopic (exact) mass is 279 g/mol. The van der Waals surface area contributed by atoms with Crippen molar-refractivity contribution in [2.24, 2.45) is 11.7 Å². The second-order valence-corrected chi connectivity index (χ2v) is 6.52. The van der Waals surface area contributed by atoms with Gasteiger partial charge in [-0.3, -0.25) is 0 Å². The van der Waals surface area contributed by atoms with E-state index in [1.807, 2.05) is 11.6 Å². The summed E-state index contributed by atoms with van der Waals surface area (Å²) in [6, 6.07) is -0.212. The number of carbonyl (C=O) groups is 1. The summed E-state index contributed by atoms with van der Waals surface area (Å²) in [5, 5.41) is 0. The maximum absolute atomic E-state index is 11.9. The Morgan fingerprint density at radius 2 is 2.11 bits per heavy atom. The Hall–Kier alpha value is -0.860. The Balaban J connectivity index is 2.61. The lowest BCUT2D eigenvalue weighted by Gasteiger charge is -2.33. The molecule has 0 saturated carbocycles. The Kier molecular flexibility index (Phi) is 4.94. The average molecular weight is 279 g/mol. The first-order valence-corrected chi connectivity index (χ1v) is 7.40. The molecule has 0 aromatic carbocycles. The van der Waals surface area contributed by atoms with Crippen LogP contribution in [0.2, 0.25) is 0 Å². The Bertz CT molecular complexity index is 396. The Labute approximate surface area is 108 Å². The lowest BCUT2D eigenvalue weighted by molar-refractivity contribution is 0.120. The minimum atomic E-state index is -3.86. The van der Waals surface area contributed by atoms with Gasteiger partial charge in [-0.1, -0.05) is 6.92 Å². The number of amides is 1. The summed E-state index contributed by atoms with van der Waals surface area (Å²) in [6.45, 7) is 5.84. The van der Waals surface area contributed by atoms with Crippen molar-refractivity contribution in [3.63, 3.8) is 0 Å². The lowest BCUT2D eigenvalue weighted by Crippen LogP contribution is -2.53. The number of hydrogen-bond donors (Lipinski definition) is 2. The topological polar surface area (TPSA) is 102 Å². The molecule has 0 bridgehead atoms. The van der Waals surface area contributed by atoms with E-state index < -0.39 is 16.3 Å². The predicted molar refractivity (Wildman–Crippen MR) is 67.0 cm³/mol. The molecular formula is C10H21N3O4S. The molecule has 0 spiro atoms. The van der Waals surface area contributed by atoms with Crippen LogP contribution in [0.4, 0.5) is 4.79 Å². The normalized spacial score (nSPS) is 26.1. The van der Waals surface area contributed by atoms with E-state index in [-0.39, 0.29) is 24.6 Å². The highest BCUT2D eigenvalue weighted by Crippen LogP contribution is 2.17. The Morgan fingerprint density at radius 3 is 2.61 bits per heavy atom. The summed E-state index contributed by atoms with van der Waals surface area (Å²) in [6.07, 6.45) is -0.651. The van der Waals surface area contributed by atoms with Crippen molar-refractivity contribution in [1.29, 1.82) is 0 Å². The van der Waals surface area contributed by atoms with Gasteiger partial charge < -0.3 is 10.5 Å². The van der Waals surface area contributed by atoms with Crippen LogP contribution in [0.5, 0.6) is 0 Å². The number of nitrogens with one attached hydrogen (secondary N) is 1. The number of hydrogen-bond acceptors (Lipinski definition) is 5. The molecule has 1 saturated heterocycles. The van der Waals surface area contributed by atoms with Crippen LogP contribution in [0, 0.1) is 5.92 Å². The molecule has 0 radical (unpaired) electrons. The van der Waals surface area contributed by atoms with Crippen LogP contribution < -0.4 is 10.5 Å². The van der Waals surface area contributed by atoms with Crippen molar-refractivity contribution in [3.05, 3.63) is 0 Å². The first-order valence-electron chi connectivity index (χ1n) is 5.96. The molecule has 0 aliphatic carbocycles. The van der Waals surface area contributed by atoms with Crippen molar-refractivity contribution in [3.8, 4) is 0 Å². The van der Waals surface area contributed by atoms with E-state index in [1.54, 1.807) is 13.8 Å². The van der Waals surface area contributed by atoms with Gasteiger partial charge in [-0.15, -0.1) is 0 Å². The highest BCUT2D eigenvalue weighted by atomic mass is 32.2. The smallest absolute Gasteiger partial charge is 0.422 e. The third-order valence-electron chi connectivity index (χ3n) is 2.87. The second kappa shape index (κ2) is 5.85. The van der Waals surface area contributed by atoms with Crippen molar-refractivity contribution in [2.75, 3.05) is 13.1 Å². The highest BCUT2D eigenvalue weighted by molar-refractivity contribution is 7.87. The first-order chi connectivity index (χ1) is 8.22. The molecule has 7 nitrogen and oxygen atoms in total. The van der Waals surface area contributed by atoms with E-state index in [0.717, 1.165) is 0 Å². The quantitative estimate of drug-likeness (QED) is 0.759. The van der Waals surface area contributed by atoms with Crippen LogP contribution in [-0.4, -0.2) is 44.1 Å². The SMILES string of the molecule is CC(C)OC(=O)NS(=O)(=O)N1CCC(C)C(N)C1. The standard InChI is InChI=1S/C10H21N3O4S/c1-7(2)17-10(14)12-18(15,16)13-5-4-8(3)9(11)6-13/h7-9H,4-6,11H2,1-3H3,(H,12,14). The van der Waals surface area contributed by atoms with Gasteiger partial charge in [-0.25, -0.2) is 9.52 Å². The maximum Gasteiger partial charge on any atom is 0.422 e. The molecule has 0 aromatic heterocycles. The van der Waals surface area contributed by atoms with Gasteiger partial charge in [-0.2, -0.15) is 12.7 Å². The molecular weight excluding hydrogens is 258 g/mol. The third-order valence-corrected chi connectivity index (χ3v) is 4.31. The zero-order valence-electron chi connectivity index (χ0n) is 10.9. The number of piperidine rings is 1. The van der Waals surface area contributed by atoms with E-state index >= 15 is 0 Å². The fourth-order valence-electron chi connectivity index (χ4n) is 1.69. The van der Waals surface area contributed by atoms with Gasteiger partial charge in [0.2, 0.25) is 0 Å². The number of ether oxygens (including phenoxy) is 1. The highest BCUT2D eigenvalue weighted by Gasteiger charge is 2.32. The molecule has 18 heavy (non-hydrogen) atoms. The van der Waals surface area contributed by atoms with E-state index in [0.29, 0.717) is 13.0 Å². The van der Waals surface area contributed by atoms with Crippen LogP contribution >= 0.6 is 0 Å². The number of carbonyl (C=O) groups excluding carboxylic acids is 1. The summed E-state index contributed by atoms with van der Waals surface area (Å²) >= 11 is 0. The summed E-state index contributed by atoms with van der Waals surface area (Å²) in [4.78, 5) is 11.3. The molecule has 0 aromatic rings. The largest absolute Gasteiger partial charge is 0.446 e. The van der Waals surface area contributed by atoms with Gasteiger partial charge in [0.05, 0.1) is 6.10 Å². The summed E-state index contributed by atoms with van der Waals surface area (Å²) in [5.41, 5.74) is 5.83. The molecule has 1 heterocycles. The fraction of sp³-hybridized carbons (Fsp3) is 0.900. The first kappa shape index (κ1) is 15.2. The molecule has 1 rings (SSSR count). The van der Waals surface area contributed by atoms with E-state index in [4.69, 9.17) is 10.5 Å². The van der Waals surface area contributed by atoms with E-state index in [2.05, 4.69) is 0 Å². The van der Waals surface area contributed by atoms with E-state index in [9.17, 15) is 13.2 Å². The molecule has 2 unspecified atom stereocenters. The minimum absolute atomic E-state index is 0.212. The van der Waals surface area contributed by atoms with Crippen molar-refractivity contribution < 1.29 is 17.9 Å². The van der Waals surface area contributed by atoms with Crippen LogP contribution in [-0.2, 0) is 14.9 Å². The molecule has 1 aliphatic heterocycles. The van der Waals surface area contributed by atoms with Crippen LogP contribution in [0.3, 0.4) is 0 Å². The minimum Gasteiger partial charge on any atom is -0.446 e. The van der Waals surface area contributed by atoms with Gasteiger partial charge in [0.1, 0.15) is 0 Å². The summed E-state index contributed by atoms with van der Waals surface area (Å²) in [5.74, 6) is 0.277. The molecule has 2 atom stereocenters. The van der Waals surface area contributed by atoms with Crippen LogP contribution in [0.1, 0.15) is 27.2 Å². The van der Waals surface area contributed by atoms with E-state index in [1.165, 1.54) is 4.31 Å². The fourth-order valence-corrected chi connectivity index (χ4v) is 2.80. The maximum atomic E-state index is 11.9. The van der Waals surface area contributed by atoms with Gasteiger partial charge in [0, 0.05) is 19.1 Å². The molecule has 1 aliphatic rings. The Morgan fingerprint density at radius 1 is 1.50 bits per heavy atom. The average Bonchev–Trinajstić information content (AvgIpc) is 2.19. The lowest BCUT2D eigenvalue weighted by atomic mass is 9.96. The zero-order chi connectivity index (χ0) is 13.9. The number of nitrogens with two attached hydrogens (primary N) is 1. The molecule has 1 fully saturated rings. The van der Waals surface area contributed by atoms with Crippen molar-refractivity contribution in [2.45, 2.75) is 39.3 Å². The molecule has 1 amide bonds. The number of nitrogens with zero attached hydrogens (tertiary/aromatic N) is 1. The zero-order valence-corrected chi connectivity index (χ0v) is 11.7. The van der Waals surface area contributed by atoms with Gasteiger partial charge in [0.25, 0.3) is 0 Å². The van der Waals surface area contributed by atoms with Crippen molar-refractivity contribution >= 4 is 16.3 Å². The molecule has 106 valence electrons. The molecule has 8 heteroatoms. The van der Waals surface area contributed by atoms with Crippen LogP contribution in [0.15, 0.2) is 0 Å². The summed E-state index contributed by atoms with van der Waals surface area (Å²) < 4.78 is 31.6. The second-order valence-electron chi connectivity index (χ2n) is 4.85. The van der Waals surface area contributed by atoms with Gasteiger partial charge >= 0.3 is 16.3 Å². The third kappa shape index (κ3) is 4.11. The number of rotatable bonds is 3. The van der Waals surface area contributed by atoms with Gasteiger partial charge in [-0.05, 0) is 26.2 Å². The predicted octanol–water partition coefficient (Wildman–Crippen LogP) is 0.0349. The van der Waals surface area contributed by atoms with Crippen LogP contribution in [0.25, 0.3) is 0 Å². The van der Waals surface area contributed by atoms with Gasteiger partial charge in [0.15, 0.2) is 0 Å².